The van der Waals surface area contributed by atoms with E-state index >= 15 is 0 Å². The molecule has 0 spiro atoms. The van der Waals surface area contributed by atoms with Crippen LogP contribution in [0.1, 0.15) is 37.4 Å². The Balaban J connectivity index is 2.10. The molecule has 1 saturated heterocycles. The number of aromatic nitrogens is 1. The molecule has 6 heteroatoms. The van der Waals surface area contributed by atoms with Crippen LogP contribution in [0, 0.1) is 0 Å². The molecular formula is C14H21NO4S. The van der Waals surface area contributed by atoms with E-state index in [1.54, 1.807) is 18.3 Å². The standard InChI is InChI=1S/C14H21NO4S/c1-3-18-12(16)9-11-10-20-13(15-11)14(19-4-2)5-7-17-8-6-14/h10H,3-9H2,1-2H3. The Kier molecular flexibility index (Phi) is 5.51. The van der Waals surface area contributed by atoms with E-state index in [0.717, 1.165) is 23.5 Å². The first-order chi connectivity index (χ1) is 9.70. The number of hydrogen-bond donors (Lipinski definition) is 0. The largest absolute Gasteiger partial charge is 0.466 e. The third-order valence-electron chi connectivity index (χ3n) is 3.29. The third kappa shape index (κ3) is 3.56. The van der Waals surface area contributed by atoms with Gasteiger partial charge in [0.15, 0.2) is 0 Å². The van der Waals surface area contributed by atoms with Crippen LogP contribution >= 0.6 is 11.3 Å². The fourth-order valence-corrected chi connectivity index (χ4v) is 3.39. The maximum Gasteiger partial charge on any atom is 0.311 e. The summed E-state index contributed by atoms with van der Waals surface area (Å²) in [5.74, 6) is -0.234. The predicted molar refractivity (Wildman–Crippen MR) is 75.8 cm³/mol. The molecule has 1 aromatic rings. The molecule has 1 fully saturated rings. The van der Waals surface area contributed by atoms with E-state index in [0.29, 0.717) is 26.4 Å². The number of hydrogen-bond acceptors (Lipinski definition) is 6. The van der Waals surface area contributed by atoms with Crippen molar-refractivity contribution in [1.82, 2.24) is 4.98 Å². The lowest BCUT2D eigenvalue weighted by Crippen LogP contribution is -2.36. The van der Waals surface area contributed by atoms with Crippen LogP contribution in [-0.2, 0) is 31.0 Å². The number of nitrogens with zero attached hydrogens (tertiary/aromatic N) is 1. The number of rotatable bonds is 6. The van der Waals surface area contributed by atoms with Gasteiger partial charge in [0.1, 0.15) is 10.6 Å². The van der Waals surface area contributed by atoms with E-state index in [9.17, 15) is 4.79 Å². The topological polar surface area (TPSA) is 57.7 Å². The molecule has 2 rings (SSSR count). The fraction of sp³-hybridized carbons (Fsp3) is 0.714. The van der Waals surface area contributed by atoms with E-state index < -0.39 is 0 Å². The average molecular weight is 299 g/mol. The van der Waals surface area contributed by atoms with Crippen LogP contribution in [0.2, 0.25) is 0 Å². The van der Waals surface area contributed by atoms with Crippen molar-refractivity contribution < 1.29 is 19.0 Å². The Morgan fingerprint density at radius 3 is 2.80 bits per heavy atom. The molecule has 20 heavy (non-hydrogen) atoms. The Morgan fingerprint density at radius 2 is 2.15 bits per heavy atom. The van der Waals surface area contributed by atoms with Crippen molar-refractivity contribution in [2.24, 2.45) is 0 Å². The highest BCUT2D eigenvalue weighted by molar-refractivity contribution is 7.09. The summed E-state index contributed by atoms with van der Waals surface area (Å²) in [6.07, 6.45) is 1.85. The zero-order valence-electron chi connectivity index (χ0n) is 12.0. The quantitative estimate of drug-likeness (QED) is 0.754. The molecule has 0 amide bonds. The van der Waals surface area contributed by atoms with Gasteiger partial charge in [0, 0.05) is 38.0 Å². The lowest BCUT2D eigenvalue weighted by molar-refractivity contribution is -0.142. The van der Waals surface area contributed by atoms with Gasteiger partial charge in [0.25, 0.3) is 0 Å². The predicted octanol–water partition coefficient (Wildman–Crippen LogP) is 2.29. The fourth-order valence-electron chi connectivity index (χ4n) is 2.35. The summed E-state index contributed by atoms with van der Waals surface area (Å²) >= 11 is 1.56. The second kappa shape index (κ2) is 7.15. The van der Waals surface area contributed by atoms with Crippen molar-refractivity contribution in [3.8, 4) is 0 Å². The minimum Gasteiger partial charge on any atom is -0.466 e. The van der Waals surface area contributed by atoms with Crippen LogP contribution in [0.25, 0.3) is 0 Å². The van der Waals surface area contributed by atoms with Crippen LogP contribution in [0.15, 0.2) is 5.38 Å². The molecule has 112 valence electrons. The highest BCUT2D eigenvalue weighted by atomic mass is 32.1. The Labute approximate surface area is 123 Å². The minimum atomic E-state index is -0.343. The molecular weight excluding hydrogens is 278 g/mol. The first-order valence-corrected chi connectivity index (χ1v) is 7.90. The number of carbonyl (C=O) groups excluding carboxylic acids is 1. The third-order valence-corrected chi connectivity index (χ3v) is 4.37. The van der Waals surface area contributed by atoms with E-state index in [1.165, 1.54) is 0 Å². The Hall–Kier alpha value is -0.980. The molecule has 0 aromatic carbocycles. The van der Waals surface area contributed by atoms with Gasteiger partial charge in [0.05, 0.1) is 18.7 Å². The van der Waals surface area contributed by atoms with Gasteiger partial charge in [-0.3, -0.25) is 4.79 Å². The van der Waals surface area contributed by atoms with Crippen LogP contribution in [-0.4, -0.2) is 37.4 Å². The summed E-state index contributed by atoms with van der Waals surface area (Å²) in [5.41, 5.74) is 0.416. The van der Waals surface area contributed by atoms with Crippen LogP contribution < -0.4 is 0 Å². The van der Waals surface area contributed by atoms with Gasteiger partial charge in [-0.2, -0.15) is 0 Å². The van der Waals surface area contributed by atoms with Gasteiger partial charge >= 0.3 is 5.97 Å². The zero-order chi connectivity index (χ0) is 14.4. The second-order valence-corrected chi connectivity index (χ2v) is 5.52. The van der Waals surface area contributed by atoms with Gasteiger partial charge < -0.3 is 14.2 Å². The first-order valence-electron chi connectivity index (χ1n) is 7.02. The van der Waals surface area contributed by atoms with Crippen LogP contribution in [0.3, 0.4) is 0 Å². The van der Waals surface area contributed by atoms with E-state index in [2.05, 4.69) is 4.98 Å². The number of thiazole rings is 1. The highest BCUT2D eigenvalue weighted by Crippen LogP contribution is 2.37. The number of carbonyl (C=O) groups is 1. The molecule has 0 unspecified atom stereocenters. The molecule has 2 heterocycles. The molecule has 0 saturated carbocycles. The SMILES string of the molecule is CCOC(=O)Cc1csc(C2(OCC)CCOCC2)n1. The molecule has 5 nitrogen and oxygen atoms in total. The smallest absolute Gasteiger partial charge is 0.311 e. The first kappa shape index (κ1) is 15.4. The molecule has 0 radical (unpaired) electrons. The van der Waals surface area contributed by atoms with Gasteiger partial charge in [-0.1, -0.05) is 0 Å². The monoisotopic (exact) mass is 299 g/mol. The molecule has 0 atom stereocenters. The van der Waals surface area contributed by atoms with E-state index in [-0.39, 0.29) is 18.0 Å². The number of esters is 1. The maximum atomic E-state index is 11.5. The molecule has 1 aliphatic rings. The van der Waals surface area contributed by atoms with Crippen molar-refractivity contribution in [3.05, 3.63) is 16.1 Å². The molecule has 0 bridgehead atoms. The van der Waals surface area contributed by atoms with Crippen molar-refractivity contribution >= 4 is 17.3 Å². The highest BCUT2D eigenvalue weighted by Gasteiger charge is 2.38. The summed E-state index contributed by atoms with van der Waals surface area (Å²) in [6, 6.07) is 0. The average Bonchev–Trinajstić information content (AvgIpc) is 2.89. The van der Waals surface area contributed by atoms with Gasteiger partial charge in [-0.05, 0) is 13.8 Å². The van der Waals surface area contributed by atoms with Gasteiger partial charge in [-0.15, -0.1) is 11.3 Å². The maximum absolute atomic E-state index is 11.5. The van der Waals surface area contributed by atoms with Crippen LogP contribution in [0.4, 0.5) is 0 Å². The van der Waals surface area contributed by atoms with Gasteiger partial charge in [0.2, 0.25) is 0 Å². The second-order valence-electron chi connectivity index (χ2n) is 4.67. The van der Waals surface area contributed by atoms with Crippen LogP contribution in [0.5, 0.6) is 0 Å². The summed E-state index contributed by atoms with van der Waals surface area (Å²) in [6.45, 7) is 6.21. The lowest BCUT2D eigenvalue weighted by Gasteiger charge is -2.35. The molecule has 0 N–H and O–H groups in total. The van der Waals surface area contributed by atoms with E-state index in [4.69, 9.17) is 14.2 Å². The zero-order valence-corrected chi connectivity index (χ0v) is 12.8. The summed E-state index contributed by atoms with van der Waals surface area (Å²) < 4.78 is 16.3. The summed E-state index contributed by atoms with van der Waals surface area (Å²) in [5, 5.41) is 2.87. The molecule has 1 aromatic heterocycles. The minimum absolute atomic E-state index is 0.225. The normalized spacial score (nSPS) is 17.9. The van der Waals surface area contributed by atoms with Gasteiger partial charge in [-0.25, -0.2) is 4.98 Å². The van der Waals surface area contributed by atoms with Crippen molar-refractivity contribution in [1.29, 1.82) is 0 Å². The van der Waals surface area contributed by atoms with Crippen molar-refractivity contribution in [2.75, 3.05) is 26.4 Å². The molecule has 0 aliphatic carbocycles. The van der Waals surface area contributed by atoms with E-state index in [1.807, 2.05) is 12.3 Å². The Bertz CT molecular complexity index is 435. The Morgan fingerprint density at radius 1 is 1.40 bits per heavy atom. The summed E-state index contributed by atoms with van der Waals surface area (Å²) in [7, 11) is 0. The lowest BCUT2D eigenvalue weighted by atomic mass is 9.95. The molecule has 1 aliphatic heterocycles. The van der Waals surface area contributed by atoms with Crippen molar-refractivity contribution in [2.45, 2.75) is 38.7 Å². The van der Waals surface area contributed by atoms with Crippen molar-refractivity contribution in [3.63, 3.8) is 0 Å². The summed E-state index contributed by atoms with van der Waals surface area (Å²) in [4.78, 5) is 16.1. The number of ether oxygens (including phenoxy) is 3.